The molecule has 0 fully saturated rings. The second kappa shape index (κ2) is 26.7. The predicted octanol–water partition coefficient (Wildman–Crippen LogP) is 4.72. The minimum atomic E-state index is -0.870. The average molecular weight is 558 g/mol. The molecule has 1 rings (SSSR count). The minimum absolute atomic E-state index is 0.0526. The Bertz CT molecular complexity index is 639. The maximum atomic E-state index is 9.92. The molecule has 2 atom stereocenters. The molecule has 0 radical (unpaired) electrons. The van der Waals surface area contributed by atoms with Gasteiger partial charge in [0.2, 0.25) is 5.84 Å². The van der Waals surface area contributed by atoms with Gasteiger partial charge in [0.15, 0.2) is 0 Å². The highest BCUT2D eigenvalue weighted by molar-refractivity contribution is 5.78. The van der Waals surface area contributed by atoms with Crippen molar-refractivity contribution < 1.29 is 34.9 Å². The summed E-state index contributed by atoms with van der Waals surface area (Å²) in [6.45, 7) is 7.43. The molecule has 0 saturated carbocycles. The number of nitrogens with zero attached hydrogens (tertiary/aromatic N) is 2. The molecule has 2 unspecified atom stereocenters. The van der Waals surface area contributed by atoms with E-state index in [1.165, 1.54) is 89.3 Å². The summed E-state index contributed by atoms with van der Waals surface area (Å²) in [5.41, 5.74) is 0. The van der Waals surface area contributed by atoms with Crippen LogP contribution in [0.2, 0.25) is 0 Å². The Morgan fingerprint density at radius 2 is 1.51 bits per heavy atom. The number of aliphatic hydroxyl groups excluding tert-OH is 4. The van der Waals surface area contributed by atoms with E-state index >= 15 is 0 Å². The number of hydrogen-bond acceptors (Lipinski definition) is 6. The van der Waals surface area contributed by atoms with E-state index < -0.39 is 12.1 Å². The van der Waals surface area contributed by atoms with Crippen LogP contribution in [0.15, 0.2) is 12.2 Å². The Kier molecular flexibility index (Phi) is 25.7. The third-order valence-electron chi connectivity index (χ3n) is 7.03. The Morgan fingerprint density at radius 1 is 0.923 bits per heavy atom. The van der Waals surface area contributed by atoms with Gasteiger partial charge in [-0.15, -0.1) is 0 Å². The first-order chi connectivity index (χ1) is 18.8. The van der Waals surface area contributed by atoms with E-state index in [0.717, 1.165) is 26.1 Å². The fourth-order valence-electron chi connectivity index (χ4n) is 4.83. The second-order valence-corrected chi connectivity index (χ2v) is 10.9. The number of β-amino-alcohol motifs (C(OH)–C–C–N with tert-alkyl or cyclic N) is 2. The molecule has 0 aromatic rings. The van der Waals surface area contributed by atoms with Crippen LogP contribution in [-0.2, 0) is 4.79 Å². The first-order valence-electron chi connectivity index (χ1n) is 15.7. The Labute approximate surface area is 238 Å². The molecule has 0 aliphatic carbocycles. The van der Waals surface area contributed by atoms with Crippen LogP contribution in [-0.4, -0.2) is 98.4 Å². The average Bonchev–Trinajstić information content (AvgIpc) is 3.26. The number of carboxylic acids is 1. The standard InChI is InChI=1S/C25H49N2O2.C6H12O4/c1-3-4-5-6-7-8-9-10-11-12-13-14-15-16-17-18-25-26(21-22-28)19-20-27(25)23-24(2)29;7-4-5(8)2-1-3-6(9)10/h10-11,24,28-29H,3-9,12-23H2,1-2H3;5,7-8H,1-4H2,(H,9,10)/q+1;/b11-10-;. The molecule has 0 aromatic carbocycles. The normalized spacial score (nSPS) is 15.1. The van der Waals surface area contributed by atoms with Crippen molar-refractivity contribution in [2.24, 2.45) is 0 Å². The highest BCUT2D eigenvalue weighted by atomic mass is 16.4. The zero-order valence-corrected chi connectivity index (χ0v) is 25.1. The van der Waals surface area contributed by atoms with E-state index in [9.17, 15) is 15.0 Å². The van der Waals surface area contributed by atoms with Crippen molar-refractivity contribution in [3.05, 3.63) is 12.2 Å². The number of aliphatic carboxylic acids is 1. The van der Waals surface area contributed by atoms with Gasteiger partial charge < -0.3 is 25.5 Å². The van der Waals surface area contributed by atoms with E-state index in [1.54, 1.807) is 0 Å². The highest BCUT2D eigenvalue weighted by Gasteiger charge is 2.29. The van der Waals surface area contributed by atoms with Crippen molar-refractivity contribution in [3.8, 4) is 0 Å². The van der Waals surface area contributed by atoms with E-state index in [0.29, 0.717) is 19.4 Å². The molecule has 0 spiro atoms. The van der Waals surface area contributed by atoms with Gasteiger partial charge in [-0.1, -0.05) is 70.4 Å². The number of hydrogen-bond donors (Lipinski definition) is 5. The van der Waals surface area contributed by atoms with Crippen LogP contribution < -0.4 is 0 Å². The Balaban J connectivity index is 0.00000122. The van der Waals surface area contributed by atoms with Gasteiger partial charge in [0.1, 0.15) is 26.2 Å². The Hall–Kier alpha value is -1.48. The highest BCUT2D eigenvalue weighted by Crippen LogP contribution is 2.13. The lowest BCUT2D eigenvalue weighted by Crippen LogP contribution is -2.33. The van der Waals surface area contributed by atoms with Gasteiger partial charge in [-0.3, -0.25) is 14.3 Å². The molecule has 0 bridgehead atoms. The molecule has 39 heavy (non-hydrogen) atoms. The summed E-state index contributed by atoms with van der Waals surface area (Å²) in [6.07, 6.45) is 22.9. The fourth-order valence-corrected chi connectivity index (χ4v) is 4.83. The molecule has 1 aliphatic rings. The number of unbranched alkanes of at least 4 members (excludes halogenated alkanes) is 11. The molecule has 8 heteroatoms. The van der Waals surface area contributed by atoms with Crippen molar-refractivity contribution in [1.82, 2.24) is 4.90 Å². The van der Waals surface area contributed by atoms with Gasteiger partial charge in [0, 0.05) is 12.8 Å². The van der Waals surface area contributed by atoms with Crippen molar-refractivity contribution in [2.45, 2.75) is 135 Å². The van der Waals surface area contributed by atoms with Gasteiger partial charge in [-0.05, 0) is 51.9 Å². The topological polar surface area (TPSA) is 124 Å². The lowest BCUT2D eigenvalue weighted by atomic mass is 10.1. The first-order valence-corrected chi connectivity index (χ1v) is 15.7. The van der Waals surface area contributed by atoms with Crippen molar-refractivity contribution in [3.63, 3.8) is 0 Å². The van der Waals surface area contributed by atoms with Crippen molar-refractivity contribution in [2.75, 3.05) is 39.4 Å². The van der Waals surface area contributed by atoms with Crippen LogP contribution in [0.5, 0.6) is 0 Å². The number of amidine groups is 1. The molecule has 1 heterocycles. The maximum absolute atomic E-state index is 9.92. The van der Waals surface area contributed by atoms with E-state index in [4.69, 9.17) is 15.3 Å². The largest absolute Gasteiger partial charge is 0.481 e. The van der Waals surface area contributed by atoms with Gasteiger partial charge in [-0.25, -0.2) is 0 Å². The summed E-state index contributed by atoms with van der Waals surface area (Å²) < 4.78 is 2.31. The summed E-state index contributed by atoms with van der Waals surface area (Å²) in [5, 5.41) is 44.2. The zero-order chi connectivity index (χ0) is 29.1. The predicted molar refractivity (Wildman–Crippen MR) is 159 cm³/mol. The lowest BCUT2D eigenvalue weighted by Gasteiger charge is -2.13. The number of rotatable bonds is 24. The maximum Gasteiger partial charge on any atom is 0.303 e. The van der Waals surface area contributed by atoms with E-state index in [2.05, 4.69) is 28.6 Å². The first kappa shape index (κ1) is 37.5. The summed E-state index contributed by atoms with van der Waals surface area (Å²) in [5.74, 6) is 0.461. The van der Waals surface area contributed by atoms with Gasteiger partial charge in [-0.2, -0.15) is 0 Å². The second-order valence-electron chi connectivity index (χ2n) is 10.9. The number of carbonyl (C=O) groups is 1. The third-order valence-corrected chi connectivity index (χ3v) is 7.03. The van der Waals surface area contributed by atoms with Crippen LogP contribution in [0.4, 0.5) is 0 Å². The zero-order valence-electron chi connectivity index (χ0n) is 25.1. The van der Waals surface area contributed by atoms with Crippen LogP contribution >= 0.6 is 0 Å². The van der Waals surface area contributed by atoms with Gasteiger partial charge >= 0.3 is 5.97 Å². The molecule has 1 aliphatic heterocycles. The smallest absolute Gasteiger partial charge is 0.303 e. The SMILES string of the molecule is CCCCCCCC/C=C\CCCCCCCC1=[N+](CC(C)O)CCN1CCO.O=C(O)CCCC(O)CO. The molecular weight excluding hydrogens is 496 g/mol. The third kappa shape index (κ3) is 23.0. The summed E-state index contributed by atoms with van der Waals surface area (Å²) in [4.78, 5) is 12.2. The van der Waals surface area contributed by atoms with Crippen molar-refractivity contribution in [1.29, 1.82) is 0 Å². The molecule has 5 N–H and O–H groups in total. The minimum Gasteiger partial charge on any atom is -0.481 e. The lowest BCUT2D eigenvalue weighted by molar-refractivity contribution is -0.527. The molecule has 0 saturated heterocycles. The Morgan fingerprint density at radius 3 is 2.05 bits per heavy atom. The van der Waals surface area contributed by atoms with E-state index in [-0.39, 0.29) is 25.7 Å². The van der Waals surface area contributed by atoms with Crippen LogP contribution in [0.25, 0.3) is 0 Å². The number of carboxylic acid groups (broad SMARTS) is 1. The van der Waals surface area contributed by atoms with Gasteiger partial charge in [0.25, 0.3) is 0 Å². The van der Waals surface area contributed by atoms with Crippen molar-refractivity contribution >= 4 is 11.8 Å². The van der Waals surface area contributed by atoms with Crippen LogP contribution in [0, 0.1) is 0 Å². The molecule has 0 amide bonds. The number of aliphatic hydroxyl groups is 4. The quantitative estimate of drug-likeness (QED) is 0.0661. The molecule has 0 aromatic heterocycles. The summed E-state index contributed by atoms with van der Waals surface area (Å²) in [6, 6.07) is 0. The fraction of sp³-hybridized carbons (Fsp3) is 0.871. The molecule has 8 nitrogen and oxygen atoms in total. The summed E-state index contributed by atoms with van der Waals surface area (Å²) >= 11 is 0. The molecule has 230 valence electrons. The number of allylic oxidation sites excluding steroid dienone is 2. The monoisotopic (exact) mass is 557 g/mol. The summed E-state index contributed by atoms with van der Waals surface area (Å²) in [7, 11) is 0. The molecular formula is C31H61N2O6+. The van der Waals surface area contributed by atoms with Gasteiger partial charge in [0.05, 0.1) is 25.4 Å². The van der Waals surface area contributed by atoms with E-state index in [1.807, 2.05) is 6.92 Å². The van der Waals surface area contributed by atoms with Crippen LogP contribution in [0.3, 0.4) is 0 Å². The van der Waals surface area contributed by atoms with Crippen LogP contribution in [0.1, 0.15) is 123 Å².